The molecular weight excluding hydrogens is 468 g/mol. The van der Waals surface area contributed by atoms with Gasteiger partial charge in [-0.1, -0.05) is 85.8 Å². The van der Waals surface area contributed by atoms with Crippen LogP contribution in [0.3, 0.4) is 0 Å². The summed E-state index contributed by atoms with van der Waals surface area (Å²) in [5, 5.41) is 17.0. The summed E-state index contributed by atoms with van der Waals surface area (Å²) in [6, 6.07) is 34.0. The van der Waals surface area contributed by atoms with Crippen LogP contribution < -0.4 is 10.1 Å². The number of hydrogen-bond donors (Lipinski definition) is 1. The number of amides is 1. The molecule has 5 aromatic carbocycles. The van der Waals surface area contributed by atoms with Crippen LogP contribution in [0.5, 0.6) is 5.75 Å². The van der Waals surface area contributed by atoms with E-state index in [1.165, 1.54) is 5.56 Å². The number of ether oxygens (including phenoxy) is 1. The van der Waals surface area contributed by atoms with Crippen molar-refractivity contribution < 1.29 is 9.53 Å². The Labute approximate surface area is 222 Å². The number of fused-ring (bicyclic) bond motifs is 2. The standard InChI is InChI=1S/C34H28N2O2/c1-3-24-13-17-28(18-14-24)36-34(37)27(21-35)20-31-29-10-6-4-9-26(29)16-19-33(31)38-22-32-23(2)12-15-25-8-5-7-11-30(25)32/h4-20H,3,22H2,1-2H3,(H,36,37)/b27-20+. The average molecular weight is 497 g/mol. The van der Waals surface area contributed by atoms with Crippen molar-refractivity contribution in [2.45, 2.75) is 26.9 Å². The molecule has 38 heavy (non-hydrogen) atoms. The second-order valence-electron chi connectivity index (χ2n) is 9.24. The third kappa shape index (κ3) is 5.14. The molecule has 5 aromatic rings. The molecule has 0 radical (unpaired) electrons. The van der Waals surface area contributed by atoms with Crippen molar-refractivity contribution in [2.75, 3.05) is 5.32 Å². The molecule has 5 rings (SSSR count). The lowest BCUT2D eigenvalue weighted by Gasteiger charge is -2.15. The smallest absolute Gasteiger partial charge is 0.266 e. The quantitative estimate of drug-likeness (QED) is 0.183. The molecule has 1 N–H and O–H groups in total. The van der Waals surface area contributed by atoms with Crippen molar-refractivity contribution >= 4 is 39.2 Å². The Morgan fingerprint density at radius 1 is 0.868 bits per heavy atom. The number of carbonyl (C=O) groups excluding carboxylic acids is 1. The minimum Gasteiger partial charge on any atom is -0.488 e. The van der Waals surface area contributed by atoms with Gasteiger partial charge in [0, 0.05) is 16.8 Å². The number of nitrogens with one attached hydrogen (secondary N) is 1. The third-order valence-corrected chi connectivity index (χ3v) is 6.85. The van der Waals surface area contributed by atoms with Crippen molar-refractivity contribution in [2.24, 2.45) is 0 Å². The number of nitrogens with zero attached hydrogens (tertiary/aromatic N) is 1. The molecule has 0 spiro atoms. The van der Waals surface area contributed by atoms with Crippen molar-refractivity contribution in [1.29, 1.82) is 5.26 Å². The largest absolute Gasteiger partial charge is 0.488 e. The Morgan fingerprint density at radius 2 is 1.53 bits per heavy atom. The van der Waals surface area contributed by atoms with Crippen LogP contribution in [0.25, 0.3) is 27.6 Å². The van der Waals surface area contributed by atoms with E-state index in [-0.39, 0.29) is 5.57 Å². The maximum Gasteiger partial charge on any atom is 0.266 e. The summed E-state index contributed by atoms with van der Waals surface area (Å²) < 4.78 is 6.40. The predicted molar refractivity (Wildman–Crippen MR) is 155 cm³/mol. The molecule has 0 unspecified atom stereocenters. The van der Waals surface area contributed by atoms with Crippen molar-refractivity contribution in [3.8, 4) is 11.8 Å². The molecule has 0 aliphatic rings. The van der Waals surface area contributed by atoms with Gasteiger partial charge in [-0.25, -0.2) is 0 Å². The van der Waals surface area contributed by atoms with E-state index in [2.05, 4.69) is 49.5 Å². The van der Waals surface area contributed by atoms with Gasteiger partial charge in [0.1, 0.15) is 24.0 Å². The Balaban J connectivity index is 1.51. The molecule has 1 amide bonds. The molecule has 0 aliphatic carbocycles. The fourth-order valence-corrected chi connectivity index (χ4v) is 4.65. The second kappa shape index (κ2) is 11.0. The van der Waals surface area contributed by atoms with Gasteiger partial charge in [0.15, 0.2) is 0 Å². The van der Waals surface area contributed by atoms with Crippen LogP contribution in [0, 0.1) is 18.3 Å². The van der Waals surface area contributed by atoms with Gasteiger partial charge in [-0.2, -0.15) is 5.26 Å². The van der Waals surface area contributed by atoms with E-state index in [1.54, 1.807) is 6.08 Å². The number of anilines is 1. The molecule has 0 atom stereocenters. The van der Waals surface area contributed by atoms with E-state index in [9.17, 15) is 10.1 Å². The van der Waals surface area contributed by atoms with Crippen LogP contribution in [0.2, 0.25) is 0 Å². The number of rotatable bonds is 7. The lowest BCUT2D eigenvalue weighted by molar-refractivity contribution is -0.112. The lowest BCUT2D eigenvalue weighted by atomic mass is 9.99. The Kier molecular flexibility index (Phi) is 7.19. The van der Waals surface area contributed by atoms with Crippen molar-refractivity contribution in [3.05, 3.63) is 125 Å². The molecule has 0 saturated carbocycles. The number of benzene rings is 5. The first-order valence-electron chi connectivity index (χ1n) is 12.7. The van der Waals surface area contributed by atoms with E-state index >= 15 is 0 Å². The van der Waals surface area contributed by atoms with Crippen LogP contribution in [0.1, 0.15) is 29.2 Å². The van der Waals surface area contributed by atoms with Gasteiger partial charge in [0.2, 0.25) is 0 Å². The van der Waals surface area contributed by atoms with Gasteiger partial charge >= 0.3 is 0 Å². The molecule has 4 heteroatoms. The molecule has 0 fully saturated rings. The first-order valence-corrected chi connectivity index (χ1v) is 12.7. The highest BCUT2D eigenvalue weighted by Gasteiger charge is 2.15. The average Bonchev–Trinajstić information content (AvgIpc) is 2.96. The molecule has 4 nitrogen and oxygen atoms in total. The van der Waals surface area contributed by atoms with Gasteiger partial charge in [0.25, 0.3) is 5.91 Å². The minimum absolute atomic E-state index is 0.00659. The topological polar surface area (TPSA) is 62.1 Å². The number of hydrogen-bond acceptors (Lipinski definition) is 3. The van der Waals surface area contributed by atoms with Crippen LogP contribution in [-0.2, 0) is 17.8 Å². The summed E-state index contributed by atoms with van der Waals surface area (Å²) in [4.78, 5) is 13.1. The van der Waals surface area contributed by atoms with Crippen LogP contribution in [0.4, 0.5) is 5.69 Å². The summed E-state index contributed by atoms with van der Waals surface area (Å²) >= 11 is 0. The number of nitriles is 1. The molecule has 0 aliphatic heterocycles. The summed E-state index contributed by atoms with van der Waals surface area (Å²) in [5.74, 6) is 0.157. The molecule has 0 heterocycles. The van der Waals surface area contributed by atoms with Crippen LogP contribution >= 0.6 is 0 Å². The highest BCUT2D eigenvalue weighted by molar-refractivity contribution is 6.11. The SMILES string of the molecule is CCc1ccc(NC(=O)/C(C#N)=C/c2c(OCc3c(C)ccc4ccccc34)ccc3ccccc23)cc1. The minimum atomic E-state index is -0.458. The Bertz CT molecular complexity index is 1710. The third-order valence-electron chi connectivity index (χ3n) is 6.85. The Hall–Kier alpha value is -4.88. The summed E-state index contributed by atoms with van der Waals surface area (Å²) in [5.41, 5.74) is 4.79. The zero-order chi connectivity index (χ0) is 26.5. The fraction of sp³-hybridized carbons (Fsp3) is 0.118. The van der Waals surface area contributed by atoms with Crippen LogP contribution in [0.15, 0.2) is 103 Å². The normalized spacial score (nSPS) is 11.3. The van der Waals surface area contributed by atoms with Gasteiger partial charge in [-0.3, -0.25) is 4.79 Å². The van der Waals surface area contributed by atoms with E-state index in [1.807, 2.05) is 72.8 Å². The highest BCUT2D eigenvalue weighted by atomic mass is 16.5. The molecule has 0 aromatic heterocycles. The number of carbonyl (C=O) groups is 1. The predicted octanol–water partition coefficient (Wildman–Crippen LogP) is 7.99. The van der Waals surface area contributed by atoms with E-state index in [0.717, 1.165) is 39.1 Å². The fourth-order valence-electron chi connectivity index (χ4n) is 4.65. The maximum absolute atomic E-state index is 13.1. The summed E-state index contributed by atoms with van der Waals surface area (Å²) in [6.07, 6.45) is 2.54. The number of aryl methyl sites for hydroxylation is 2. The molecule has 0 saturated heterocycles. The monoisotopic (exact) mass is 496 g/mol. The van der Waals surface area contributed by atoms with E-state index < -0.39 is 5.91 Å². The van der Waals surface area contributed by atoms with Gasteiger partial charge < -0.3 is 10.1 Å². The van der Waals surface area contributed by atoms with Gasteiger partial charge in [0.05, 0.1) is 0 Å². The lowest BCUT2D eigenvalue weighted by Crippen LogP contribution is -2.13. The summed E-state index contributed by atoms with van der Waals surface area (Å²) in [6.45, 7) is 4.53. The van der Waals surface area contributed by atoms with Gasteiger partial charge in [-0.15, -0.1) is 0 Å². The van der Waals surface area contributed by atoms with Crippen molar-refractivity contribution in [1.82, 2.24) is 0 Å². The Morgan fingerprint density at radius 3 is 2.24 bits per heavy atom. The molecular formula is C34H28N2O2. The first-order chi connectivity index (χ1) is 18.6. The van der Waals surface area contributed by atoms with Crippen LogP contribution in [-0.4, -0.2) is 5.91 Å². The highest BCUT2D eigenvalue weighted by Crippen LogP contribution is 2.32. The second-order valence-corrected chi connectivity index (χ2v) is 9.24. The van der Waals surface area contributed by atoms with Crippen molar-refractivity contribution in [3.63, 3.8) is 0 Å². The summed E-state index contributed by atoms with van der Waals surface area (Å²) in [7, 11) is 0. The maximum atomic E-state index is 13.1. The molecule has 0 bridgehead atoms. The molecule has 186 valence electrons. The van der Waals surface area contributed by atoms with E-state index in [4.69, 9.17) is 4.74 Å². The zero-order valence-electron chi connectivity index (χ0n) is 21.5. The first kappa shape index (κ1) is 24.8. The zero-order valence-corrected chi connectivity index (χ0v) is 21.5. The van der Waals surface area contributed by atoms with E-state index in [0.29, 0.717) is 23.6 Å². The van der Waals surface area contributed by atoms with Gasteiger partial charge in [-0.05, 0) is 70.3 Å².